The van der Waals surface area contributed by atoms with Crippen molar-refractivity contribution in [3.63, 3.8) is 0 Å². The third-order valence-corrected chi connectivity index (χ3v) is 2.09. The van der Waals surface area contributed by atoms with Gasteiger partial charge in [-0.05, 0) is 27.2 Å². The van der Waals surface area contributed by atoms with Crippen molar-refractivity contribution >= 4 is 17.7 Å². The number of carbonyl (C=O) groups is 1. The number of rotatable bonds is 4. The van der Waals surface area contributed by atoms with Crippen LogP contribution < -0.4 is 5.32 Å². The predicted molar refractivity (Wildman–Crippen MR) is 65.3 cm³/mol. The molecule has 18 heavy (non-hydrogen) atoms. The second-order valence-electron chi connectivity index (χ2n) is 4.79. The molecule has 6 nitrogen and oxygen atoms in total. The Morgan fingerprint density at radius 3 is 2.83 bits per heavy atom. The molecule has 0 aliphatic rings. The zero-order valence-corrected chi connectivity index (χ0v) is 11.3. The number of hydrogen-bond donors (Lipinski definition) is 2. The van der Waals surface area contributed by atoms with Gasteiger partial charge < -0.3 is 19.7 Å². The summed E-state index contributed by atoms with van der Waals surface area (Å²) in [4.78, 5) is 11.3. The summed E-state index contributed by atoms with van der Waals surface area (Å²) in [5.41, 5.74) is -0.541. The minimum Gasteiger partial charge on any atom is -0.444 e. The number of hydrogen-bond acceptors (Lipinski definition) is 5. The number of aromatic nitrogens is 1. The first kappa shape index (κ1) is 14.8. The standard InChI is InChI=1S/C11H17ClN2O4/c1-11(2,3)17-10(16)13-5-4-7(15)8-6-9(12)14-18-8/h6-7,15H,4-5H2,1-3H3,(H,13,16)/t7-/m0/s1. The molecular formula is C11H17ClN2O4. The molecule has 102 valence electrons. The van der Waals surface area contributed by atoms with E-state index in [0.29, 0.717) is 0 Å². The molecule has 0 aliphatic carbocycles. The van der Waals surface area contributed by atoms with Crippen LogP contribution in [0.4, 0.5) is 4.79 Å². The lowest BCUT2D eigenvalue weighted by molar-refractivity contribution is 0.0514. The Labute approximate surface area is 110 Å². The maximum Gasteiger partial charge on any atom is 0.407 e. The van der Waals surface area contributed by atoms with Gasteiger partial charge in [0.15, 0.2) is 10.9 Å². The number of nitrogens with zero attached hydrogens (tertiary/aromatic N) is 1. The van der Waals surface area contributed by atoms with Crippen LogP contribution in [0.2, 0.25) is 5.15 Å². The van der Waals surface area contributed by atoms with Gasteiger partial charge in [0.1, 0.15) is 11.7 Å². The molecule has 1 aromatic heterocycles. The van der Waals surface area contributed by atoms with Crippen LogP contribution >= 0.6 is 11.6 Å². The molecule has 0 bridgehead atoms. The summed E-state index contributed by atoms with van der Waals surface area (Å²) >= 11 is 5.56. The molecule has 0 spiro atoms. The average Bonchev–Trinajstić information content (AvgIpc) is 2.62. The molecule has 0 saturated heterocycles. The van der Waals surface area contributed by atoms with E-state index in [9.17, 15) is 9.90 Å². The first-order chi connectivity index (χ1) is 8.28. The van der Waals surface area contributed by atoms with Gasteiger partial charge in [-0.2, -0.15) is 0 Å². The van der Waals surface area contributed by atoms with Crippen molar-refractivity contribution < 1.29 is 19.2 Å². The smallest absolute Gasteiger partial charge is 0.407 e. The third-order valence-electron chi connectivity index (χ3n) is 1.91. The summed E-state index contributed by atoms with van der Waals surface area (Å²) in [7, 11) is 0. The summed E-state index contributed by atoms with van der Waals surface area (Å²) in [6, 6.07) is 1.43. The summed E-state index contributed by atoms with van der Waals surface area (Å²) in [6.07, 6.45) is -1.10. The van der Waals surface area contributed by atoms with E-state index in [1.54, 1.807) is 20.8 Å². The largest absolute Gasteiger partial charge is 0.444 e. The summed E-state index contributed by atoms with van der Waals surface area (Å²) in [6.45, 7) is 5.59. The summed E-state index contributed by atoms with van der Waals surface area (Å²) < 4.78 is 9.83. The molecule has 0 saturated carbocycles. The van der Waals surface area contributed by atoms with Gasteiger partial charge in [0.05, 0.1) is 0 Å². The van der Waals surface area contributed by atoms with Gasteiger partial charge in [-0.15, -0.1) is 0 Å². The zero-order valence-electron chi connectivity index (χ0n) is 10.6. The molecule has 0 fully saturated rings. The first-order valence-electron chi connectivity index (χ1n) is 5.55. The Morgan fingerprint density at radius 2 is 2.33 bits per heavy atom. The van der Waals surface area contributed by atoms with Crippen molar-refractivity contribution in [3.05, 3.63) is 17.0 Å². The zero-order chi connectivity index (χ0) is 13.8. The molecule has 1 heterocycles. The second kappa shape index (κ2) is 6.06. The highest BCUT2D eigenvalue weighted by atomic mass is 35.5. The Kier molecular flexibility index (Phi) is 4.98. The van der Waals surface area contributed by atoms with E-state index in [1.807, 2.05) is 0 Å². The number of ether oxygens (including phenoxy) is 1. The number of aliphatic hydroxyl groups is 1. The highest BCUT2D eigenvalue weighted by molar-refractivity contribution is 6.29. The number of nitrogens with one attached hydrogen (secondary N) is 1. The fourth-order valence-corrected chi connectivity index (χ4v) is 1.33. The van der Waals surface area contributed by atoms with E-state index in [4.69, 9.17) is 20.9 Å². The molecular weight excluding hydrogens is 260 g/mol. The molecule has 1 rings (SSSR count). The van der Waals surface area contributed by atoms with Crippen molar-refractivity contribution in [1.29, 1.82) is 0 Å². The highest BCUT2D eigenvalue weighted by Gasteiger charge is 2.17. The van der Waals surface area contributed by atoms with Gasteiger partial charge in [-0.25, -0.2) is 4.79 Å². The lowest BCUT2D eigenvalue weighted by atomic mass is 10.2. The quantitative estimate of drug-likeness (QED) is 0.881. The van der Waals surface area contributed by atoms with Crippen LogP contribution in [0.1, 0.15) is 39.1 Å². The maximum atomic E-state index is 11.3. The highest BCUT2D eigenvalue weighted by Crippen LogP contribution is 2.19. The Hall–Kier alpha value is -1.27. The van der Waals surface area contributed by atoms with E-state index in [2.05, 4.69) is 10.5 Å². The number of aliphatic hydroxyl groups excluding tert-OH is 1. The van der Waals surface area contributed by atoms with Crippen LogP contribution in [-0.4, -0.2) is 28.5 Å². The van der Waals surface area contributed by atoms with Crippen molar-refractivity contribution in [1.82, 2.24) is 10.5 Å². The molecule has 1 atom stereocenters. The van der Waals surface area contributed by atoms with Crippen LogP contribution in [0.15, 0.2) is 10.6 Å². The molecule has 7 heteroatoms. The fraction of sp³-hybridized carbons (Fsp3) is 0.636. The minimum absolute atomic E-state index is 0.184. The average molecular weight is 277 g/mol. The van der Waals surface area contributed by atoms with E-state index >= 15 is 0 Å². The number of carbonyl (C=O) groups excluding carboxylic acids is 1. The first-order valence-corrected chi connectivity index (χ1v) is 5.93. The van der Waals surface area contributed by atoms with Gasteiger partial charge in [-0.3, -0.25) is 0 Å². The van der Waals surface area contributed by atoms with Gasteiger partial charge in [0, 0.05) is 12.6 Å². The van der Waals surface area contributed by atoms with E-state index in [-0.39, 0.29) is 23.9 Å². The summed E-state index contributed by atoms with van der Waals surface area (Å²) in [5.74, 6) is 0.269. The third kappa shape index (κ3) is 5.37. The van der Waals surface area contributed by atoms with E-state index < -0.39 is 17.8 Å². The van der Waals surface area contributed by atoms with Gasteiger partial charge >= 0.3 is 6.09 Å². The van der Waals surface area contributed by atoms with Crippen LogP contribution in [0.3, 0.4) is 0 Å². The Morgan fingerprint density at radius 1 is 1.67 bits per heavy atom. The molecule has 1 aromatic rings. The minimum atomic E-state index is -0.861. The number of amides is 1. The van der Waals surface area contributed by atoms with E-state index in [0.717, 1.165) is 0 Å². The van der Waals surface area contributed by atoms with Crippen LogP contribution in [0.25, 0.3) is 0 Å². The fourth-order valence-electron chi connectivity index (χ4n) is 1.19. The maximum absolute atomic E-state index is 11.3. The predicted octanol–water partition coefficient (Wildman–Crippen LogP) is 2.28. The second-order valence-corrected chi connectivity index (χ2v) is 5.17. The van der Waals surface area contributed by atoms with Gasteiger partial charge in [-0.1, -0.05) is 16.8 Å². The molecule has 1 amide bonds. The van der Waals surface area contributed by atoms with Gasteiger partial charge in [0.25, 0.3) is 0 Å². The number of halogens is 1. The van der Waals surface area contributed by atoms with Crippen molar-refractivity contribution in [3.8, 4) is 0 Å². The molecule has 0 aromatic carbocycles. The molecule has 0 unspecified atom stereocenters. The lowest BCUT2D eigenvalue weighted by Crippen LogP contribution is -2.33. The molecule has 2 N–H and O–H groups in total. The number of alkyl carbamates (subject to hydrolysis) is 1. The topological polar surface area (TPSA) is 84.6 Å². The van der Waals surface area contributed by atoms with E-state index in [1.165, 1.54) is 6.07 Å². The van der Waals surface area contributed by atoms with Crippen LogP contribution in [0, 0.1) is 0 Å². The molecule has 0 radical (unpaired) electrons. The molecule has 0 aliphatic heterocycles. The monoisotopic (exact) mass is 276 g/mol. The van der Waals surface area contributed by atoms with Crippen molar-refractivity contribution in [2.24, 2.45) is 0 Å². The van der Waals surface area contributed by atoms with Crippen molar-refractivity contribution in [2.75, 3.05) is 6.54 Å². The van der Waals surface area contributed by atoms with Crippen LogP contribution in [0.5, 0.6) is 0 Å². The Balaban J connectivity index is 2.27. The lowest BCUT2D eigenvalue weighted by Gasteiger charge is -2.19. The van der Waals surface area contributed by atoms with Crippen molar-refractivity contribution in [2.45, 2.75) is 38.9 Å². The normalized spacial score (nSPS) is 13.2. The van der Waals surface area contributed by atoms with Crippen LogP contribution in [-0.2, 0) is 4.74 Å². The van der Waals surface area contributed by atoms with Gasteiger partial charge in [0.2, 0.25) is 0 Å². The summed E-state index contributed by atoms with van der Waals surface area (Å²) in [5, 5.41) is 15.9. The SMILES string of the molecule is CC(C)(C)OC(=O)NCC[C@H](O)c1cc(Cl)no1. The Bertz CT molecular complexity index is 400.